The lowest BCUT2D eigenvalue weighted by Gasteiger charge is -2.32. The van der Waals surface area contributed by atoms with E-state index in [9.17, 15) is 5.21 Å². The number of oxime groups is 1. The van der Waals surface area contributed by atoms with Gasteiger partial charge in [0.25, 0.3) is 0 Å². The third-order valence-corrected chi connectivity index (χ3v) is 5.70. The van der Waals surface area contributed by atoms with Crippen LogP contribution in [0, 0.1) is 16.7 Å². The molecule has 0 amide bonds. The van der Waals surface area contributed by atoms with Crippen LogP contribution in [-0.4, -0.2) is 10.9 Å². The van der Waals surface area contributed by atoms with Crippen LogP contribution in [0.2, 0.25) is 0 Å². The zero-order chi connectivity index (χ0) is 13.0. The second-order valence-electron chi connectivity index (χ2n) is 6.45. The Balaban J connectivity index is 2.13. The van der Waals surface area contributed by atoms with Gasteiger partial charge in [-0.05, 0) is 18.3 Å². The molecule has 3 atom stereocenters. The van der Waals surface area contributed by atoms with Crippen LogP contribution in [0.4, 0.5) is 0 Å². The standard InChI is InChI=1S/C15H20N2O/c1-14(2)11-7-8-15(14,3)13(16-18)12(11)17-9-5-4-6-10-17/h4-6,9-12H,7-8H2,1-3H3/p+1/b16-13-/t11-,12-,15+/m1/s1. The Labute approximate surface area is 108 Å². The van der Waals surface area contributed by atoms with Crippen molar-refractivity contribution in [1.82, 2.24) is 0 Å². The van der Waals surface area contributed by atoms with Crippen LogP contribution in [0.25, 0.3) is 0 Å². The molecular weight excluding hydrogens is 224 g/mol. The number of hydrogen-bond acceptors (Lipinski definition) is 2. The van der Waals surface area contributed by atoms with Crippen molar-refractivity contribution in [2.45, 2.75) is 39.7 Å². The average Bonchev–Trinajstić information content (AvgIpc) is 2.70. The molecule has 2 aliphatic rings. The topological polar surface area (TPSA) is 36.5 Å². The van der Waals surface area contributed by atoms with Gasteiger partial charge in [0.15, 0.2) is 12.4 Å². The number of nitrogens with zero attached hydrogens (tertiary/aromatic N) is 2. The molecule has 2 fully saturated rings. The summed E-state index contributed by atoms with van der Waals surface area (Å²) in [7, 11) is 0. The summed E-state index contributed by atoms with van der Waals surface area (Å²) >= 11 is 0. The molecule has 3 heteroatoms. The predicted octanol–water partition coefficient (Wildman–Crippen LogP) is 2.80. The first-order chi connectivity index (χ1) is 8.52. The Morgan fingerprint density at radius 2 is 1.89 bits per heavy atom. The predicted molar refractivity (Wildman–Crippen MR) is 69.5 cm³/mol. The maximum atomic E-state index is 9.49. The lowest BCUT2D eigenvalue weighted by atomic mass is 9.70. The molecule has 1 N–H and O–H groups in total. The van der Waals surface area contributed by atoms with Crippen molar-refractivity contribution in [2.75, 3.05) is 0 Å². The Bertz CT molecular complexity index is 494. The molecule has 0 spiro atoms. The summed E-state index contributed by atoms with van der Waals surface area (Å²) in [6, 6.07) is 6.31. The van der Waals surface area contributed by atoms with Crippen LogP contribution in [0.15, 0.2) is 35.7 Å². The van der Waals surface area contributed by atoms with Gasteiger partial charge >= 0.3 is 0 Å². The largest absolute Gasteiger partial charge is 0.411 e. The van der Waals surface area contributed by atoms with Gasteiger partial charge in [0, 0.05) is 23.5 Å². The summed E-state index contributed by atoms with van der Waals surface area (Å²) in [6.45, 7) is 6.89. The van der Waals surface area contributed by atoms with Crippen molar-refractivity contribution in [3.8, 4) is 0 Å². The minimum absolute atomic E-state index is 0.0277. The summed E-state index contributed by atoms with van der Waals surface area (Å²) < 4.78 is 2.20. The number of pyridine rings is 1. The van der Waals surface area contributed by atoms with E-state index < -0.39 is 0 Å². The highest BCUT2D eigenvalue weighted by Gasteiger charge is 2.68. The van der Waals surface area contributed by atoms with Gasteiger partial charge in [0.1, 0.15) is 5.71 Å². The van der Waals surface area contributed by atoms with Gasteiger partial charge in [-0.1, -0.05) is 32.0 Å². The van der Waals surface area contributed by atoms with Crippen LogP contribution >= 0.6 is 0 Å². The molecule has 0 radical (unpaired) electrons. The monoisotopic (exact) mass is 245 g/mol. The van der Waals surface area contributed by atoms with Crippen LogP contribution in [0.1, 0.15) is 39.7 Å². The van der Waals surface area contributed by atoms with Crippen molar-refractivity contribution in [3.05, 3.63) is 30.6 Å². The van der Waals surface area contributed by atoms with Crippen LogP contribution in [-0.2, 0) is 0 Å². The quantitative estimate of drug-likeness (QED) is 0.461. The smallest absolute Gasteiger partial charge is 0.203 e. The first kappa shape index (κ1) is 11.7. The Kier molecular flexibility index (Phi) is 2.31. The number of fused-ring (bicyclic) bond motifs is 2. The minimum atomic E-state index is 0.0277. The summed E-state index contributed by atoms with van der Waals surface area (Å²) in [6.07, 6.45) is 6.51. The van der Waals surface area contributed by atoms with Gasteiger partial charge in [0.05, 0.1) is 0 Å². The van der Waals surface area contributed by atoms with Crippen LogP contribution in [0.3, 0.4) is 0 Å². The van der Waals surface area contributed by atoms with Gasteiger partial charge in [-0.15, -0.1) is 0 Å². The fourth-order valence-corrected chi connectivity index (χ4v) is 4.18. The maximum absolute atomic E-state index is 9.49. The summed E-state index contributed by atoms with van der Waals surface area (Å²) in [5.74, 6) is 0.556. The van der Waals surface area contributed by atoms with Gasteiger partial charge in [-0.25, -0.2) is 0 Å². The molecule has 3 rings (SSSR count). The van der Waals surface area contributed by atoms with E-state index in [-0.39, 0.29) is 16.9 Å². The third-order valence-electron chi connectivity index (χ3n) is 5.70. The number of hydrogen-bond donors (Lipinski definition) is 1. The number of aromatic nitrogens is 1. The molecule has 3 nitrogen and oxygen atoms in total. The molecule has 1 aromatic heterocycles. The highest BCUT2D eigenvalue weighted by atomic mass is 16.4. The van der Waals surface area contributed by atoms with Crippen LogP contribution in [0.5, 0.6) is 0 Å². The van der Waals surface area contributed by atoms with Crippen molar-refractivity contribution in [1.29, 1.82) is 0 Å². The lowest BCUT2D eigenvalue weighted by molar-refractivity contribution is -0.713. The Hall–Kier alpha value is -1.38. The Morgan fingerprint density at radius 1 is 1.22 bits per heavy atom. The molecule has 0 saturated heterocycles. The van der Waals surface area contributed by atoms with Gasteiger partial charge < -0.3 is 5.21 Å². The van der Waals surface area contributed by atoms with Gasteiger partial charge in [0.2, 0.25) is 6.04 Å². The summed E-state index contributed by atoms with van der Waals surface area (Å²) in [4.78, 5) is 0. The maximum Gasteiger partial charge on any atom is 0.203 e. The normalized spacial score (nSPS) is 39.4. The van der Waals surface area contributed by atoms with E-state index in [2.05, 4.69) is 42.9 Å². The molecule has 96 valence electrons. The van der Waals surface area contributed by atoms with E-state index in [0.717, 1.165) is 12.1 Å². The van der Waals surface area contributed by atoms with Gasteiger partial charge in [-0.3, -0.25) is 0 Å². The highest BCUT2D eigenvalue weighted by Crippen LogP contribution is 2.66. The van der Waals surface area contributed by atoms with E-state index in [4.69, 9.17) is 0 Å². The molecule has 18 heavy (non-hydrogen) atoms. The fraction of sp³-hybridized carbons (Fsp3) is 0.600. The SMILES string of the molecule is CC1(C)[C@@H]2CC[C@@]1(C)/C(=N\O)[C@@H]2[n+]1ccccc1. The van der Waals surface area contributed by atoms with E-state index in [1.165, 1.54) is 6.42 Å². The van der Waals surface area contributed by atoms with Crippen molar-refractivity contribution in [3.63, 3.8) is 0 Å². The van der Waals surface area contributed by atoms with Crippen LogP contribution < -0.4 is 4.57 Å². The van der Waals surface area contributed by atoms with Gasteiger partial charge in [-0.2, -0.15) is 4.57 Å². The van der Waals surface area contributed by atoms with Crippen molar-refractivity contribution < 1.29 is 9.77 Å². The molecule has 2 aliphatic carbocycles. The Morgan fingerprint density at radius 3 is 2.50 bits per heavy atom. The fourth-order valence-electron chi connectivity index (χ4n) is 4.18. The third kappa shape index (κ3) is 1.20. The zero-order valence-corrected chi connectivity index (χ0v) is 11.3. The number of rotatable bonds is 1. The first-order valence-corrected chi connectivity index (χ1v) is 6.70. The van der Waals surface area contributed by atoms with E-state index in [0.29, 0.717) is 5.92 Å². The summed E-state index contributed by atoms with van der Waals surface area (Å²) in [5.41, 5.74) is 1.18. The molecular formula is C15H21N2O+. The molecule has 0 unspecified atom stereocenters. The molecule has 2 bridgehead atoms. The zero-order valence-electron chi connectivity index (χ0n) is 11.3. The summed E-state index contributed by atoms with van der Waals surface area (Å²) in [5, 5.41) is 13.2. The molecule has 1 heterocycles. The van der Waals surface area contributed by atoms with E-state index in [1.54, 1.807) is 0 Å². The van der Waals surface area contributed by atoms with Crippen molar-refractivity contribution in [2.24, 2.45) is 21.9 Å². The highest BCUT2D eigenvalue weighted by molar-refractivity contribution is 5.96. The van der Waals surface area contributed by atoms with Crippen molar-refractivity contribution >= 4 is 5.71 Å². The lowest BCUT2D eigenvalue weighted by Crippen LogP contribution is -2.47. The molecule has 2 saturated carbocycles. The second-order valence-corrected chi connectivity index (χ2v) is 6.45. The average molecular weight is 245 g/mol. The first-order valence-electron chi connectivity index (χ1n) is 6.70. The van der Waals surface area contributed by atoms with E-state index >= 15 is 0 Å². The minimum Gasteiger partial charge on any atom is -0.411 e. The molecule has 0 aromatic carbocycles. The molecule has 1 aromatic rings. The molecule has 0 aliphatic heterocycles. The second kappa shape index (κ2) is 3.56. The van der Waals surface area contributed by atoms with E-state index in [1.807, 2.05) is 18.2 Å².